The molecule has 4 heterocycles. The minimum Gasteiger partial charge on any atom is -0.493 e. The van der Waals surface area contributed by atoms with Crippen LogP contribution in [-0.4, -0.2) is 59.6 Å². The Labute approximate surface area is 269 Å². The van der Waals surface area contributed by atoms with E-state index < -0.39 is 5.41 Å². The van der Waals surface area contributed by atoms with Gasteiger partial charge in [-0.3, -0.25) is 24.3 Å². The Kier molecular flexibility index (Phi) is 11.6. The normalized spacial score (nSPS) is 14.2. The van der Waals surface area contributed by atoms with E-state index in [1.54, 1.807) is 59.9 Å². The van der Waals surface area contributed by atoms with Crippen molar-refractivity contribution in [2.75, 3.05) is 43.1 Å². The number of fused-ring (bicyclic) bond motifs is 2. The van der Waals surface area contributed by atoms with E-state index in [2.05, 4.69) is 9.88 Å². The Morgan fingerprint density at radius 2 is 1.70 bits per heavy atom. The summed E-state index contributed by atoms with van der Waals surface area (Å²) in [6.45, 7) is 8.86. The summed E-state index contributed by atoms with van der Waals surface area (Å²) >= 11 is 0. The van der Waals surface area contributed by atoms with E-state index in [4.69, 9.17) is 9.15 Å². The molecule has 44 heavy (non-hydrogen) atoms. The van der Waals surface area contributed by atoms with Crippen LogP contribution in [0.1, 0.15) is 32.8 Å². The molecule has 0 N–H and O–H groups in total. The Balaban J connectivity index is 0.00000264. The second kappa shape index (κ2) is 14.7. The third-order valence-corrected chi connectivity index (χ3v) is 7.83. The van der Waals surface area contributed by atoms with Gasteiger partial charge in [0.15, 0.2) is 0 Å². The molecule has 0 saturated heterocycles. The monoisotopic (exact) mass is 643 g/mol. The number of anilines is 2. The van der Waals surface area contributed by atoms with Crippen molar-refractivity contribution >= 4 is 59.0 Å². The molecule has 1 aliphatic heterocycles. The summed E-state index contributed by atoms with van der Waals surface area (Å²) in [7, 11) is 1.70. The molecule has 0 atom stereocenters. The predicted octanol–water partition coefficient (Wildman–Crippen LogP) is 5.16. The second-order valence-corrected chi connectivity index (χ2v) is 11.0. The van der Waals surface area contributed by atoms with Gasteiger partial charge in [0.2, 0.25) is 11.8 Å². The lowest BCUT2D eigenvalue weighted by Crippen LogP contribution is -2.47. The zero-order valence-electron chi connectivity index (χ0n) is 25.4. The van der Waals surface area contributed by atoms with Crippen LogP contribution in [0, 0.1) is 5.41 Å². The van der Waals surface area contributed by atoms with Crippen LogP contribution in [-0.2, 0) is 22.7 Å². The number of pyridine rings is 2. The van der Waals surface area contributed by atoms with Crippen molar-refractivity contribution in [1.82, 2.24) is 14.5 Å². The summed E-state index contributed by atoms with van der Waals surface area (Å²) in [5.74, 6) is 0.174. The quantitative estimate of drug-likeness (QED) is 0.164. The van der Waals surface area contributed by atoms with Crippen molar-refractivity contribution in [3.8, 4) is 5.75 Å². The van der Waals surface area contributed by atoms with E-state index >= 15 is 0 Å². The van der Waals surface area contributed by atoms with Crippen molar-refractivity contribution in [2.24, 2.45) is 5.41 Å². The van der Waals surface area contributed by atoms with Crippen molar-refractivity contribution in [1.29, 1.82) is 0 Å². The van der Waals surface area contributed by atoms with Gasteiger partial charge in [-0.15, -0.1) is 24.8 Å². The zero-order valence-corrected chi connectivity index (χ0v) is 27.0. The lowest BCUT2D eigenvalue weighted by atomic mass is 9.90. The molecule has 236 valence electrons. The van der Waals surface area contributed by atoms with Gasteiger partial charge in [-0.25, -0.2) is 0 Å². The van der Waals surface area contributed by atoms with Crippen LogP contribution in [0.5, 0.6) is 5.75 Å². The summed E-state index contributed by atoms with van der Waals surface area (Å²) in [6.07, 6.45) is 7.62. The molecule has 1 aromatic carbocycles. The van der Waals surface area contributed by atoms with Crippen molar-refractivity contribution < 1.29 is 18.7 Å². The number of nitrogens with zero attached hydrogens (tertiary/aromatic N) is 5. The first-order chi connectivity index (χ1) is 20.2. The number of aromatic nitrogens is 2. The van der Waals surface area contributed by atoms with Gasteiger partial charge in [-0.2, -0.15) is 0 Å². The highest BCUT2D eigenvalue weighted by atomic mass is 35.5. The molecule has 5 rings (SSSR count). The minimum atomic E-state index is -1.15. The lowest BCUT2D eigenvalue weighted by Gasteiger charge is -2.27. The lowest BCUT2D eigenvalue weighted by molar-refractivity contribution is -0.137. The fourth-order valence-corrected chi connectivity index (χ4v) is 5.40. The first-order valence-corrected chi connectivity index (χ1v) is 14.3. The number of carbonyl (C=O) groups excluding carboxylic acids is 2. The highest BCUT2D eigenvalue weighted by Gasteiger charge is 2.45. The van der Waals surface area contributed by atoms with Crippen LogP contribution in [0.25, 0.3) is 11.0 Å². The minimum absolute atomic E-state index is 0. The van der Waals surface area contributed by atoms with E-state index in [-0.39, 0.29) is 42.2 Å². The van der Waals surface area contributed by atoms with Crippen LogP contribution < -0.4 is 20.1 Å². The van der Waals surface area contributed by atoms with Crippen LogP contribution in [0.2, 0.25) is 0 Å². The van der Waals surface area contributed by atoms with Gasteiger partial charge in [0.25, 0.3) is 5.56 Å². The number of rotatable bonds is 11. The van der Waals surface area contributed by atoms with Crippen LogP contribution >= 0.6 is 24.8 Å². The van der Waals surface area contributed by atoms with E-state index in [1.807, 2.05) is 43.3 Å². The molecule has 12 heteroatoms. The number of ether oxygens (including phenoxy) is 1. The molecule has 0 saturated carbocycles. The van der Waals surface area contributed by atoms with Crippen LogP contribution in [0.3, 0.4) is 0 Å². The third-order valence-electron chi connectivity index (χ3n) is 7.83. The number of amides is 2. The Hall–Kier alpha value is -3.86. The largest absolute Gasteiger partial charge is 0.493 e. The molecule has 4 aromatic rings. The molecule has 0 fully saturated rings. The molecule has 0 spiro atoms. The third kappa shape index (κ3) is 7.09. The maximum absolute atomic E-state index is 13.1. The van der Waals surface area contributed by atoms with Crippen molar-refractivity contribution in [3.63, 3.8) is 0 Å². The molecule has 2 amide bonds. The summed E-state index contributed by atoms with van der Waals surface area (Å²) in [5.41, 5.74) is 1.86. The number of hydrogen-bond donors (Lipinski definition) is 0. The molecule has 0 radical (unpaired) electrons. The Morgan fingerprint density at radius 3 is 2.43 bits per heavy atom. The smallest absolute Gasteiger partial charge is 0.261 e. The van der Waals surface area contributed by atoms with Crippen LogP contribution in [0.4, 0.5) is 11.4 Å². The average Bonchev–Trinajstić information content (AvgIpc) is 3.47. The van der Waals surface area contributed by atoms with Gasteiger partial charge in [-0.05, 0) is 69.2 Å². The van der Waals surface area contributed by atoms with E-state index in [1.165, 1.54) is 6.26 Å². The molecule has 0 bridgehead atoms. The fraction of sp³-hybridized carbons (Fsp3) is 0.375. The summed E-state index contributed by atoms with van der Waals surface area (Å²) in [5, 5.41) is 0.578. The fourth-order valence-electron chi connectivity index (χ4n) is 5.40. The number of carbonyl (C=O) groups is 2. The van der Waals surface area contributed by atoms with Crippen molar-refractivity contribution in [2.45, 2.75) is 40.3 Å². The molecular formula is C32H39Cl2N5O5. The zero-order chi connectivity index (χ0) is 29.9. The average molecular weight is 645 g/mol. The highest BCUT2D eigenvalue weighted by molar-refractivity contribution is 6.20. The number of furan rings is 1. The Morgan fingerprint density at radius 1 is 0.955 bits per heavy atom. The molecule has 10 nitrogen and oxygen atoms in total. The van der Waals surface area contributed by atoms with Crippen molar-refractivity contribution in [3.05, 3.63) is 83.2 Å². The van der Waals surface area contributed by atoms with Gasteiger partial charge >= 0.3 is 0 Å². The number of halogens is 2. The topological polar surface area (TPSA) is 101 Å². The van der Waals surface area contributed by atoms with Gasteiger partial charge < -0.3 is 23.5 Å². The van der Waals surface area contributed by atoms with Gasteiger partial charge in [-0.1, -0.05) is 0 Å². The van der Waals surface area contributed by atoms with E-state index in [0.717, 1.165) is 18.5 Å². The summed E-state index contributed by atoms with van der Waals surface area (Å²) in [6, 6.07) is 13.0. The van der Waals surface area contributed by atoms with Crippen LogP contribution in [0.15, 0.2) is 76.5 Å². The molecule has 3 aromatic heterocycles. The van der Waals surface area contributed by atoms with Gasteiger partial charge in [0.05, 0.1) is 29.6 Å². The standard InChI is InChI=1S/C32H37N5O5.2ClH/c1-5-37-26-8-7-24(21-27(26)34(4)30(39)32(2,3)31(37)40)41-19-6-15-35(22-23-9-13-33-14-10-23)17-18-36-16-11-28-25(29(36)38)12-20-42-28;;/h7-14,16,20-21H,5-6,15,17-19,22H2,1-4H3;2*1H. The van der Waals surface area contributed by atoms with E-state index in [0.29, 0.717) is 60.9 Å². The number of hydrogen-bond acceptors (Lipinski definition) is 7. The molecular weight excluding hydrogens is 605 g/mol. The summed E-state index contributed by atoms with van der Waals surface area (Å²) in [4.78, 5) is 48.7. The number of benzene rings is 1. The highest BCUT2D eigenvalue weighted by Crippen LogP contribution is 2.40. The first kappa shape index (κ1) is 34.6. The molecule has 0 aliphatic carbocycles. The van der Waals surface area contributed by atoms with E-state index in [9.17, 15) is 14.4 Å². The van der Waals surface area contributed by atoms with Gasteiger partial charge in [0.1, 0.15) is 16.7 Å². The molecule has 0 unspecified atom stereocenters. The SMILES string of the molecule is CCN1C(=O)C(C)(C)C(=O)N(C)c2cc(OCCCN(CCn3ccc4occc4c3=O)Cc3ccncc3)ccc21.Cl.Cl. The molecule has 1 aliphatic rings. The maximum atomic E-state index is 13.1. The van der Waals surface area contributed by atoms with Gasteiger partial charge in [0, 0.05) is 64.4 Å². The predicted molar refractivity (Wildman–Crippen MR) is 176 cm³/mol. The maximum Gasteiger partial charge on any atom is 0.261 e. The summed E-state index contributed by atoms with van der Waals surface area (Å²) < 4.78 is 13.2. The second-order valence-electron chi connectivity index (χ2n) is 11.0. The first-order valence-electron chi connectivity index (χ1n) is 14.3. The Bertz CT molecular complexity index is 1640.